The van der Waals surface area contributed by atoms with Crippen molar-refractivity contribution in [1.82, 2.24) is 0 Å². The molecule has 3 aromatic carbocycles. The highest BCUT2D eigenvalue weighted by atomic mass is 19.4. The first kappa shape index (κ1) is 19.5. The van der Waals surface area contributed by atoms with Crippen molar-refractivity contribution in [1.29, 1.82) is 0 Å². The highest BCUT2D eigenvalue weighted by Gasteiger charge is 2.35. The van der Waals surface area contributed by atoms with Crippen LogP contribution in [-0.4, -0.2) is 11.8 Å². The molecule has 0 fully saturated rings. The van der Waals surface area contributed by atoms with E-state index < -0.39 is 29.1 Å². The zero-order chi connectivity index (χ0) is 21.5. The van der Waals surface area contributed by atoms with Gasteiger partial charge in [0.1, 0.15) is 5.75 Å². The minimum absolute atomic E-state index is 0.144. The second kappa shape index (κ2) is 7.22. The molecule has 1 heterocycles. The van der Waals surface area contributed by atoms with Crippen LogP contribution < -0.4 is 15.4 Å². The monoisotopic (exact) mass is 412 g/mol. The van der Waals surface area contributed by atoms with Crippen LogP contribution in [0.1, 0.15) is 31.8 Å². The van der Waals surface area contributed by atoms with Gasteiger partial charge in [-0.15, -0.1) is 0 Å². The van der Waals surface area contributed by atoms with Crippen LogP contribution >= 0.6 is 0 Å². The Hall–Kier alpha value is -3.81. The number of carbonyl (C=O) groups excluding carboxylic acids is 2. The third-order valence-electron chi connectivity index (χ3n) is 4.56. The number of alkyl halides is 3. The fraction of sp³-hybridized carbons (Fsp3) is 0.0909. The molecule has 0 aliphatic carbocycles. The van der Waals surface area contributed by atoms with Crippen molar-refractivity contribution in [2.75, 3.05) is 10.6 Å². The highest BCUT2D eigenvalue weighted by molar-refractivity contribution is 6.10. The van der Waals surface area contributed by atoms with Crippen LogP contribution in [0.4, 0.5) is 24.5 Å². The van der Waals surface area contributed by atoms with E-state index in [0.29, 0.717) is 11.4 Å². The summed E-state index contributed by atoms with van der Waals surface area (Å²) in [5.41, 5.74) is 0.191. The molecule has 0 spiro atoms. The van der Waals surface area contributed by atoms with Gasteiger partial charge in [0.2, 0.25) is 0 Å². The van der Waals surface area contributed by atoms with E-state index in [0.717, 1.165) is 17.7 Å². The van der Waals surface area contributed by atoms with Crippen molar-refractivity contribution in [2.45, 2.75) is 13.1 Å². The van der Waals surface area contributed by atoms with Gasteiger partial charge in [-0.05, 0) is 55.0 Å². The van der Waals surface area contributed by atoms with Crippen molar-refractivity contribution in [3.8, 4) is 11.5 Å². The molecule has 0 saturated heterocycles. The number of aryl methyl sites for hydroxylation is 1. The number of hydrogen-bond donors (Lipinski definition) is 2. The van der Waals surface area contributed by atoms with E-state index in [1.807, 2.05) is 13.0 Å². The van der Waals surface area contributed by atoms with Gasteiger partial charge >= 0.3 is 6.18 Å². The van der Waals surface area contributed by atoms with Gasteiger partial charge in [-0.25, -0.2) is 0 Å². The van der Waals surface area contributed by atoms with E-state index in [2.05, 4.69) is 10.6 Å². The maximum atomic E-state index is 13.2. The largest absolute Gasteiger partial charge is 0.454 e. The first-order valence-electron chi connectivity index (χ1n) is 8.94. The first-order chi connectivity index (χ1) is 14.2. The molecule has 30 heavy (non-hydrogen) atoms. The maximum Gasteiger partial charge on any atom is 0.417 e. The van der Waals surface area contributed by atoms with Crippen molar-refractivity contribution in [3.63, 3.8) is 0 Å². The van der Waals surface area contributed by atoms with Gasteiger partial charge in [0.25, 0.3) is 11.8 Å². The lowest BCUT2D eigenvalue weighted by molar-refractivity contribution is -0.137. The van der Waals surface area contributed by atoms with E-state index in [9.17, 15) is 22.8 Å². The summed E-state index contributed by atoms with van der Waals surface area (Å²) in [6.45, 7) is 1.87. The maximum absolute atomic E-state index is 13.2. The number of halogens is 3. The molecule has 0 atom stereocenters. The summed E-state index contributed by atoms with van der Waals surface area (Å²) < 4.78 is 45.3. The van der Waals surface area contributed by atoms with Gasteiger partial charge in [0.15, 0.2) is 5.75 Å². The molecule has 2 N–H and O–H groups in total. The normalized spacial score (nSPS) is 12.7. The molecule has 0 aromatic heterocycles. The van der Waals surface area contributed by atoms with Crippen molar-refractivity contribution < 1.29 is 27.5 Å². The third-order valence-corrected chi connectivity index (χ3v) is 4.56. The molecular formula is C22H15F3N2O3. The Balaban J connectivity index is 1.64. The molecule has 1 aliphatic heterocycles. The van der Waals surface area contributed by atoms with Crippen LogP contribution in [0.25, 0.3) is 0 Å². The molecule has 4 rings (SSSR count). The number of hydrogen-bond acceptors (Lipinski definition) is 3. The quantitative estimate of drug-likeness (QED) is 0.574. The van der Waals surface area contributed by atoms with Crippen molar-refractivity contribution in [3.05, 3.63) is 82.9 Å². The molecule has 8 heteroatoms. The Bertz CT molecular complexity index is 1170. The van der Waals surface area contributed by atoms with E-state index in [1.165, 1.54) is 30.3 Å². The van der Waals surface area contributed by atoms with Gasteiger partial charge < -0.3 is 15.4 Å². The number of benzene rings is 3. The van der Waals surface area contributed by atoms with Crippen LogP contribution in [-0.2, 0) is 6.18 Å². The van der Waals surface area contributed by atoms with Crippen LogP contribution in [0.5, 0.6) is 11.5 Å². The Labute approximate surface area is 169 Å². The fourth-order valence-electron chi connectivity index (χ4n) is 3.14. The van der Waals surface area contributed by atoms with Crippen LogP contribution in [0.3, 0.4) is 0 Å². The van der Waals surface area contributed by atoms with Crippen molar-refractivity contribution >= 4 is 23.2 Å². The molecule has 0 radical (unpaired) electrons. The molecule has 2 amide bonds. The van der Waals surface area contributed by atoms with E-state index in [-0.39, 0.29) is 17.0 Å². The predicted molar refractivity (Wildman–Crippen MR) is 105 cm³/mol. The molecule has 0 bridgehead atoms. The summed E-state index contributed by atoms with van der Waals surface area (Å²) in [6, 6.07) is 14.1. The minimum atomic E-state index is -4.67. The van der Waals surface area contributed by atoms with E-state index >= 15 is 0 Å². The number of nitrogens with one attached hydrogen (secondary N) is 2. The molecular weight excluding hydrogens is 397 g/mol. The average molecular weight is 412 g/mol. The Morgan fingerprint density at radius 1 is 1.00 bits per heavy atom. The van der Waals surface area contributed by atoms with Crippen molar-refractivity contribution in [2.24, 2.45) is 0 Å². The number of ether oxygens (including phenoxy) is 1. The summed E-state index contributed by atoms with van der Waals surface area (Å²) in [6.07, 6.45) is -4.67. The number of amides is 2. The zero-order valence-electron chi connectivity index (χ0n) is 15.6. The van der Waals surface area contributed by atoms with Crippen LogP contribution in [0.15, 0.2) is 60.7 Å². The van der Waals surface area contributed by atoms with Gasteiger partial charge in [0.05, 0.1) is 22.4 Å². The van der Waals surface area contributed by atoms with Gasteiger partial charge in [-0.3, -0.25) is 9.59 Å². The molecule has 5 nitrogen and oxygen atoms in total. The minimum Gasteiger partial charge on any atom is -0.454 e. The summed E-state index contributed by atoms with van der Waals surface area (Å²) in [7, 11) is 0. The van der Waals surface area contributed by atoms with Crippen LogP contribution in [0, 0.1) is 6.92 Å². The summed E-state index contributed by atoms with van der Waals surface area (Å²) in [4.78, 5) is 25.1. The fourth-order valence-corrected chi connectivity index (χ4v) is 3.14. The molecule has 0 saturated carbocycles. The molecule has 152 valence electrons. The first-order valence-corrected chi connectivity index (χ1v) is 8.94. The summed E-state index contributed by atoms with van der Waals surface area (Å²) in [5, 5.41) is 5.15. The average Bonchev–Trinajstić information content (AvgIpc) is 2.83. The molecule has 0 unspecified atom stereocenters. The number of fused-ring (bicyclic) bond motifs is 2. The standard InChI is InChI=1S/C22H15F3N2O3/c1-12-6-8-19-17(10-12)27-21(29)15-11-13(7-9-18(15)30-19)26-20(28)14-4-2-3-5-16(14)22(23,24)25/h2-11H,1H3,(H,26,28)(H,27,29). The van der Waals surface area contributed by atoms with Crippen LogP contribution in [0.2, 0.25) is 0 Å². The zero-order valence-corrected chi connectivity index (χ0v) is 15.6. The predicted octanol–water partition coefficient (Wildman–Crippen LogP) is 5.62. The second-order valence-electron chi connectivity index (χ2n) is 6.76. The summed E-state index contributed by atoms with van der Waals surface area (Å²) >= 11 is 0. The Morgan fingerprint density at radius 2 is 1.73 bits per heavy atom. The number of carbonyl (C=O) groups is 2. The summed E-state index contributed by atoms with van der Waals surface area (Å²) in [5.74, 6) is -0.662. The molecule has 1 aliphatic rings. The smallest absolute Gasteiger partial charge is 0.417 e. The topological polar surface area (TPSA) is 67.4 Å². The lowest BCUT2D eigenvalue weighted by Gasteiger charge is -2.13. The van der Waals surface area contributed by atoms with Gasteiger partial charge in [0, 0.05) is 5.69 Å². The lowest BCUT2D eigenvalue weighted by atomic mass is 10.1. The van der Waals surface area contributed by atoms with E-state index in [4.69, 9.17) is 4.74 Å². The Kier molecular flexibility index (Phi) is 4.69. The van der Waals surface area contributed by atoms with Gasteiger partial charge in [-0.2, -0.15) is 13.2 Å². The lowest BCUT2D eigenvalue weighted by Crippen LogP contribution is -2.19. The van der Waals surface area contributed by atoms with Gasteiger partial charge in [-0.1, -0.05) is 18.2 Å². The number of rotatable bonds is 2. The Morgan fingerprint density at radius 3 is 2.50 bits per heavy atom. The number of anilines is 2. The highest BCUT2D eigenvalue weighted by Crippen LogP contribution is 2.37. The third kappa shape index (κ3) is 3.71. The SMILES string of the molecule is Cc1ccc2c(c1)NC(=O)c1cc(NC(=O)c3ccccc3C(F)(F)F)ccc1O2. The van der Waals surface area contributed by atoms with E-state index in [1.54, 1.807) is 12.1 Å². The molecule has 3 aromatic rings. The second-order valence-corrected chi connectivity index (χ2v) is 6.76.